The molecule has 0 spiro atoms. The van der Waals surface area contributed by atoms with Crippen molar-refractivity contribution >= 4 is 39.2 Å². The van der Waals surface area contributed by atoms with Crippen molar-refractivity contribution in [3.05, 3.63) is 46.7 Å². The van der Waals surface area contributed by atoms with Crippen molar-refractivity contribution < 1.29 is 8.42 Å². The molecule has 1 aromatic heterocycles. The highest BCUT2D eigenvalue weighted by atomic mass is 79.9. The SMILES string of the molecule is Cc1ccc(S(=O)(=O)n2cc(Br)c([Si](C)(C)C)c2)cc1. The number of hydrogen-bond acceptors (Lipinski definition) is 2. The Hall–Kier alpha value is -0.853. The van der Waals surface area contributed by atoms with E-state index >= 15 is 0 Å². The highest BCUT2D eigenvalue weighted by Crippen LogP contribution is 2.20. The lowest BCUT2D eigenvalue weighted by Gasteiger charge is -2.14. The smallest absolute Gasteiger partial charge is 0.248 e. The number of halogens is 1. The number of aryl methyl sites for hydroxylation is 1. The van der Waals surface area contributed by atoms with E-state index in [2.05, 4.69) is 35.6 Å². The van der Waals surface area contributed by atoms with Gasteiger partial charge in [0.25, 0.3) is 10.0 Å². The van der Waals surface area contributed by atoms with Crippen LogP contribution in [0.5, 0.6) is 0 Å². The summed E-state index contributed by atoms with van der Waals surface area (Å²) in [6.07, 6.45) is 3.38. The van der Waals surface area contributed by atoms with Crippen LogP contribution in [-0.2, 0) is 10.0 Å². The third kappa shape index (κ3) is 2.92. The lowest BCUT2D eigenvalue weighted by atomic mass is 10.2. The van der Waals surface area contributed by atoms with E-state index in [-0.39, 0.29) is 0 Å². The van der Waals surface area contributed by atoms with Crippen LogP contribution in [0.4, 0.5) is 0 Å². The van der Waals surface area contributed by atoms with Crippen LogP contribution in [0, 0.1) is 6.92 Å². The first-order valence-electron chi connectivity index (χ1n) is 6.32. The zero-order chi connectivity index (χ0) is 15.1. The maximum Gasteiger partial charge on any atom is 0.267 e. The van der Waals surface area contributed by atoms with Gasteiger partial charge in [-0.2, -0.15) is 0 Å². The summed E-state index contributed by atoms with van der Waals surface area (Å²) >= 11 is 3.48. The summed E-state index contributed by atoms with van der Waals surface area (Å²) in [4.78, 5) is 0.313. The van der Waals surface area contributed by atoms with Crippen molar-refractivity contribution in [2.24, 2.45) is 0 Å². The Labute approximate surface area is 129 Å². The monoisotopic (exact) mass is 371 g/mol. The molecule has 0 N–H and O–H groups in total. The number of rotatable bonds is 3. The number of hydrogen-bond donors (Lipinski definition) is 0. The van der Waals surface area contributed by atoms with E-state index in [9.17, 15) is 8.42 Å². The van der Waals surface area contributed by atoms with Gasteiger partial charge in [0, 0.05) is 16.9 Å². The molecule has 0 saturated carbocycles. The molecule has 6 heteroatoms. The van der Waals surface area contributed by atoms with Gasteiger partial charge in [0.2, 0.25) is 0 Å². The van der Waals surface area contributed by atoms with Crippen molar-refractivity contribution in [1.29, 1.82) is 0 Å². The summed E-state index contributed by atoms with van der Waals surface area (Å²) in [6, 6.07) is 6.91. The van der Waals surface area contributed by atoms with Crippen LogP contribution in [0.25, 0.3) is 0 Å². The zero-order valence-corrected chi connectivity index (χ0v) is 15.4. The molecule has 0 bridgehead atoms. The average Bonchev–Trinajstić information content (AvgIpc) is 2.72. The van der Waals surface area contributed by atoms with E-state index in [1.807, 2.05) is 19.1 Å². The quantitative estimate of drug-likeness (QED) is 0.776. The summed E-state index contributed by atoms with van der Waals surface area (Å²) in [5, 5.41) is 1.10. The van der Waals surface area contributed by atoms with Gasteiger partial charge in [-0.1, -0.05) is 37.3 Å². The Balaban J connectivity index is 2.53. The number of benzene rings is 1. The van der Waals surface area contributed by atoms with Crippen molar-refractivity contribution in [2.45, 2.75) is 31.5 Å². The van der Waals surface area contributed by atoms with E-state index in [0.717, 1.165) is 15.2 Å². The highest BCUT2D eigenvalue weighted by molar-refractivity contribution is 9.10. The van der Waals surface area contributed by atoms with Gasteiger partial charge in [-0.05, 0) is 40.2 Å². The molecule has 0 fully saturated rings. The molecule has 1 heterocycles. The van der Waals surface area contributed by atoms with Crippen LogP contribution in [0.3, 0.4) is 0 Å². The van der Waals surface area contributed by atoms with Crippen LogP contribution < -0.4 is 5.19 Å². The first-order valence-corrected chi connectivity index (χ1v) is 12.1. The van der Waals surface area contributed by atoms with Gasteiger partial charge in [-0.25, -0.2) is 12.4 Å². The van der Waals surface area contributed by atoms with Gasteiger partial charge in [0.15, 0.2) is 0 Å². The first kappa shape index (κ1) is 15.5. The predicted molar refractivity (Wildman–Crippen MR) is 88.9 cm³/mol. The molecular weight excluding hydrogens is 354 g/mol. The molecular formula is C14H18BrNO2SSi. The minimum atomic E-state index is -3.51. The lowest BCUT2D eigenvalue weighted by Crippen LogP contribution is -2.37. The Morgan fingerprint density at radius 2 is 1.60 bits per heavy atom. The summed E-state index contributed by atoms with van der Waals surface area (Å²) in [5.74, 6) is 0. The predicted octanol–water partition coefficient (Wildman–Crippen LogP) is 3.34. The second kappa shape index (κ2) is 5.16. The molecule has 0 radical (unpaired) electrons. The standard InChI is InChI=1S/C14H18BrNO2SSi/c1-11-5-7-12(8-6-11)19(17,18)16-9-13(15)14(10-16)20(2,3)4/h5-10H,1-4H3. The van der Waals surface area contributed by atoms with Crippen LogP contribution in [0.15, 0.2) is 46.0 Å². The normalized spacial score (nSPS) is 12.7. The average molecular weight is 372 g/mol. The fourth-order valence-electron chi connectivity index (χ4n) is 1.93. The molecule has 0 aliphatic heterocycles. The Kier molecular flexibility index (Phi) is 4.01. The van der Waals surface area contributed by atoms with E-state index in [1.54, 1.807) is 24.5 Å². The molecule has 20 heavy (non-hydrogen) atoms. The molecule has 2 aromatic rings. The fourth-order valence-corrected chi connectivity index (χ4v) is 6.79. The van der Waals surface area contributed by atoms with Crippen LogP contribution in [-0.4, -0.2) is 20.5 Å². The molecule has 0 aliphatic rings. The molecule has 1 aromatic carbocycles. The summed E-state index contributed by atoms with van der Waals surface area (Å²) in [5.41, 5.74) is 1.04. The van der Waals surface area contributed by atoms with Crippen molar-refractivity contribution in [3.8, 4) is 0 Å². The minimum absolute atomic E-state index is 0.313. The van der Waals surface area contributed by atoms with Gasteiger partial charge in [-0.3, -0.25) is 0 Å². The Morgan fingerprint density at radius 1 is 1.05 bits per heavy atom. The van der Waals surface area contributed by atoms with Crippen molar-refractivity contribution in [2.75, 3.05) is 0 Å². The van der Waals surface area contributed by atoms with E-state index < -0.39 is 18.1 Å². The van der Waals surface area contributed by atoms with Crippen LogP contribution in [0.2, 0.25) is 19.6 Å². The van der Waals surface area contributed by atoms with Crippen molar-refractivity contribution in [3.63, 3.8) is 0 Å². The molecule has 2 rings (SSSR count). The van der Waals surface area contributed by atoms with E-state index in [1.165, 1.54) is 3.97 Å². The molecule has 0 aliphatic carbocycles. The second-order valence-electron chi connectivity index (χ2n) is 5.92. The van der Waals surface area contributed by atoms with E-state index in [4.69, 9.17) is 0 Å². The van der Waals surface area contributed by atoms with Gasteiger partial charge in [0.1, 0.15) is 0 Å². The molecule has 0 saturated heterocycles. The Morgan fingerprint density at radius 3 is 2.05 bits per heavy atom. The largest absolute Gasteiger partial charge is 0.267 e. The second-order valence-corrected chi connectivity index (χ2v) is 13.7. The van der Waals surface area contributed by atoms with Crippen LogP contribution in [0.1, 0.15) is 5.56 Å². The third-order valence-corrected chi connectivity index (χ3v) is 7.80. The molecule has 3 nitrogen and oxygen atoms in total. The zero-order valence-electron chi connectivity index (χ0n) is 12.0. The number of aromatic nitrogens is 1. The molecule has 0 amide bonds. The highest BCUT2D eigenvalue weighted by Gasteiger charge is 2.25. The maximum absolute atomic E-state index is 12.6. The minimum Gasteiger partial charge on any atom is -0.248 e. The van der Waals surface area contributed by atoms with Gasteiger partial charge in [-0.15, -0.1) is 0 Å². The first-order chi connectivity index (χ1) is 9.12. The van der Waals surface area contributed by atoms with Gasteiger partial charge < -0.3 is 0 Å². The number of nitrogens with zero attached hydrogens (tertiary/aromatic N) is 1. The fraction of sp³-hybridized carbons (Fsp3) is 0.286. The van der Waals surface area contributed by atoms with E-state index in [0.29, 0.717) is 4.90 Å². The summed E-state index contributed by atoms with van der Waals surface area (Å²) in [6.45, 7) is 8.51. The van der Waals surface area contributed by atoms with Crippen LogP contribution >= 0.6 is 15.9 Å². The molecule has 0 atom stereocenters. The molecule has 108 valence electrons. The Bertz CT molecular complexity index is 728. The lowest BCUT2D eigenvalue weighted by molar-refractivity contribution is 0.587. The topological polar surface area (TPSA) is 39.1 Å². The molecule has 0 unspecified atom stereocenters. The van der Waals surface area contributed by atoms with Gasteiger partial charge >= 0.3 is 0 Å². The third-order valence-electron chi connectivity index (χ3n) is 3.16. The van der Waals surface area contributed by atoms with Crippen molar-refractivity contribution in [1.82, 2.24) is 3.97 Å². The maximum atomic E-state index is 12.6. The van der Waals surface area contributed by atoms with Gasteiger partial charge in [0.05, 0.1) is 13.0 Å². The summed E-state index contributed by atoms with van der Waals surface area (Å²) < 4.78 is 27.4. The summed E-state index contributed by atoms with van der Waals surface area (Å²) in [7, 11) is -5.09.